The van der Waals surface area contributed by atoms with Gasteiger partial charge in [0.05, 0.1) is 22.3 Å². The molecule has 2 aromatic rings. The Labute approximate surface area is 209 Å². The van der Waals surface area contributed by atoms with Crippen LogP contribution in [0.3, 0.4) is 0 Å². The molecule has 0 radical (unpaired) electrons. The van der Waals surface area contributed by atoms with Crippen molar-refractivity contribution in [3.63, 3.8) is 0 Å². The fraction of sp³-hybridized carbons (Fsp3) is 0.444. The van der Waals surface area contributed by atoms with Gasteiger partial charge in [-0.05, 0) is 54.7 Å². The number of nitrogens with zero attached hydrogens (tertiary/aromatic N) is 2. The van der Waals surface area contributed by atoms with Crippen molar-refractivity contribution < 1.29 is 18.4 Å². The molecule has 0 saturated heterocycles. The summed E-state index contributed by atoms with van der Waals surface area (Å²) in [7, 11) is 0. The highest BCUT2D eigenvalue weighted by atomic mass is 35.5. The molecule has 0 fully saturated rings. The number of hydrogen-bond acceptors (Lipinski definition) is 3. The summed E-state index contributed by atoms with van der Waals surface area (Å²) in [6, 6.07) is 5.91. The third kappa shape index (κ3) is 5.25. The van der Waals surface area contributed by atoms with Gasteiger partial charge in [0.1, 0.15) is 5.82 Å². The summed E-state index contributed by atoms with van der Waals surface area (Å²) < 4.78 is 29.0. The highest BCUT2D eigenvalue weighted by molar-refractivity contribution is 6.31. The number of rotatable bonds is 2. The third-order valence-electron chi connectivity index (χ3n) is 7.11. The normalized spacial score (nSPS) is 23.1. The zero-order chi connectivity index (χ0) is 25.3. The summed E-state index contributed by atoms with van der Waals surface area (Å²) in [5.41, 5.74) is 1.53. The summed E-state index contributed by atoms with van der Waals surface area (Å²) in [6.45, 7) is 6.83. The quantitative estimate of drug-likeness (QED) is 0.546. The molecular weight excluding hydrogens is 472 g/mol. The van der Waals surface area contributed by atoms with Gasteiger partial charge in [-0.25, -0.2) is 8.78 Å². The van der Waals surface area contributed by atoms with E-state index in [1.807, 2.05) is 19.1 Å². The molecule has 35 heavy (non-hydrogen) atoms. The van der Waals surface area contributed by atoms with Gasteiger partial charge in [0, 0.05) is 36.7 Å². The van der Waals surface area contributed by atoms with Crippen molar-refractivity contribution in [1.29, 1.82) is 0 Å². The van der Waals surface area contributed by atoms with Crippen LogP contribution in [0.5, 0.6) is 0 Å². The predicted molar refractivity (Wildman–Crippen MR) is 132 cm³/mol. The fourth-order valence-corrected chi connectivity index (χ4v) is 4.99. The van der Waals surface area contributed by atoms with E-state index in [2.05, 4.69) is 24.1 Å². The van der Waals surface area contributed by atoms with Crippen LogP contribution in [0.4, 0.5) is 8.78 Å². The molecular formula is C27H30ClF2N3O2. The molecule has 2 amide bonds. The predicted octanol–water partition coefficient (Wildman–Crippen LogP) is 5.58. The van der Waals surface area contributed by atoms with Crippen molar-refractivity contribution in [3.05, 3.63) is 70.0 Å². The first-order valence-corrected chi connectivity index (χ1v) is 12.4. The molecule has 2 atom stereocenters. The van der Waals surface area contributed by atoms with E-state index in [0.717, 1.165) is 23.7 Å². The molecule has 2 aliphatic heterocycles. The minimum absolute atomic E-state index is 0.0247. The molecule has 0 spiro atoms. The minimum atomic E-state index is -0.853. The number of nitrogens with one attached hydrogen (secondary N) is 1. The number of halogens is 3. The summed E-state index contributed by atoms with van der Waals surface area (Å²) in [5.74, 6) is -2.03. The maximum Gasteiger partial charge on any atom is 0.247 e. The second-order valence-electron chi connectivity index (χ2n) is 10.1. The van der Waals surface area contributed by atoms with Crippen molar-refractivity contribution in [2.24, 2.45) is 5.92 Å². The van der Waals surface area contributed by atoms with Crippen LogP contribution in [-0.4, -0.2) is 34.8 Å². The number of amides is 2. The monoisotopic (exact) mass is 501 g/mol. The van der Waals surface area contributed by atoms with Crippen molar-refractivity contribution >= 4 is 29.0 Å². The first-order chi connectivity index (χ1) is 16.6. The van der Waals surface area contributed by atoms with Crippen LogP contribution in [0.25, 0.3) is 5.57 Å². The number of benzene rings is 1. The molecule has 1 N–H and O–H groups in total. The lowest BCUT2D eigenvalue weighted by Crippen LogP contribution is -2.40. The molecule has 2 bridgehead atoms. The van der Waals surface area contributed by atoms with Gasteiger partial charge in [-0.1, -0.05) is 38.8 Å². The smallest absolute Gasteiger partial charge is 0.247 e. The van der Waals surface area contributed by atoms with Crippen LogP contribution in [0.1, 0.15) is 69.3 Å². The lowest BCUT2D eigenvalue weighted by Gasteiger charge is -2.35. The summed E-state index contributed by atoms with van der Waals surface area (Å²) in [5, 5.41) is 2.88. The van der Waals surface area contributed by atoms with Gasteiger partial charge in [0.15, 0.2) is 5.82 Å². The van der Waals surface area contributed by atoms with E-state index in [-0.39, 0.29) is 39.8 Å². The van der Waals surface area contributed by atoms with Gasteiger partial charge in [0.2, 0.25) is 11.8 Å². The van der Waals surface area contributed by atoms with E-state index in [4.69, 9.17) is 11.6 Å². The van der Waals surface area contributed by atoms with Gasteiger partial charge in [0.25, 0.3) is 0 Å². The third-order valence-corrected chi connectivity index (χ3v) is 7.41. The highest BCUT2D eigenvalue weighted by Crippen LogP contribution is 2.36. The Hall–Kier alpha value is -2.80. The average molecular weight is 502 g/mol. The zero-order valence-corrected chi connectivity index (χ0v) is 21.0. The SMILES string of the molecule is C[C@@H]1CCC[C@H](N2CCC(c3c(F)ccc(Cl)c3F)=CC2=O)c2cc(ccn2)C(C)(C)CNC1=O. The Balaban J connectivity index is 1.69. The maximum atomic E-state index is 14.6. The first kappa shape index (κ1) is 25.3. The number of fused-ring (bicyclic) bond motifs is 2. The van der Waals surface area contributed by atoms with Crippen LogP contribution in [0.2, 0.25) is 5.02 Å². The van der Waals surface area contributed by atoms with E-state index >= 15 is 0 Å². The first-order valence-electron chi connectivity index (χ1n) is 12.0. The lowest BCUT2D eigenvalue weighted by atomic mass is 9.83. The van der Waals surface area contributed by atoms with Crippen LogP contribution in [0, 0.1) is 17.6 Å². The molecule has 8 heteroatoms. The average Bonchev–Trinajstić information content (AvgIpc) is 2.83. The van der Waals surface area contributed by atoms with Gasteiger partial charge in [-0.3, -0.25) is 14.6 Å². The number of carbonyl (C=O) groups is 2. The Kier molecular flexibility index (Phi) is 7.27. The molecule has 0 unspecified atom stereocenters. The Morgan fingerprint density at radius 2 is 1.94 bits per heavy atom. The molecule has 5 nitrogen and oxygen atoms in total. The standard InChI is InChI=1S/C27H30ClF2N3O2/c1-16-5-4-6-22(21-14-18(9-11-31-21)27(2,3)15-32-26(16)35)33-12-10-17(13-23(33)34)24-20(29)8-7-19(28)25(24)30/h7-9,11,13-14,16,22H,4-6,10,12,15H2,1-3H3,(H,32,35)/t16-,22+/m1/s1. The maximum absolute atomic E-state index is 14.6. The van der Waals surface area contributed by atoms with Crippen LogP contribution >= 0.6 is 11.6 Å². The van der Waals surface area contributed by atoms with E-state index in [9.17, 15) is 18.4 Å². The van der Waals surface area contributed by atoms with Crippen molar-refractivity contribution in [1.82, 2.24) is 15.2 Å². The largest absolute Gasteiger partial charge is 0.355 e. The van der Waals surface area contributed by atoms with Crippen molar-refractivity contribution in [2.45, 2.75) is 57.9 Å². The van der Waals surface area contributed by atoms with E-state index in [0.29, 0.717) is 37.9 Å². The molecule has 3 heterocycles. The Morgan fingerprint density at radius 3 is 2.69 bits per heavy atom. The summed E-state index contributed by atoms with van der Waals surface area (Å²) in [4.78, 5) is 32.2. The minimum Gasteiger partial charge on any atom is -0.355 e. The second kappa shape index (κ2) is 10.1. The van der Waals surface area contributed by atoms with Gasteiger partial charge >= 0.3 is 0 Å². The molecule has 4 rings (SSSR count). The molecule has 1 aromatic carbocycles. The number of aromatic nitrogens is 1. The van der Waals surface area contributed by atoms with Crippen LogP contribution < -0.4 is 5.32 Å². The lowest BCUT2D eigenvalue weighted by molar-refractivity contribution is -0.129. The molecule has 1 aromatic heterocycles. The van der Waals surface area contributed by atoms with E-state index in [1.165, 1.54) is 12.1 Å². The molecule has 2 aliphatic rings. The van der Waals surface area contributed by atoms with Crippen molar-refractivity contribution in [3.8, 4) is 0 Å². The number of hydrogen-bond donors (Lipinski definition) is 1. The Morgan fingerprint density at radius 1 is 1.17 bits per heavy atom. The zero-order valence-electron chi connectivity index (χ0n) is 20.2. The Bertz CT molecular complexity index is 1180. The number of carbonyl (C=O) groups excluding carboxylic acids is 2. The van der Waals surface area contributed by atoms with Crippen molar-refractivity contribution in [2.75, 3.05) is 13.1 Å². The number of pyridine rings is 1. The molecule has 0 saturated carbocycles. The second-order valence-corrected chi connectivity index (χ2v) is 10.5. The fourth-order valence-electron chi connectivity index (χ4n) is 4.83. The van der Waals surface area contributed by atoms with Crippen LogP contribution in [0.15, 0.2) is 36.5 Å². The highest BCUT2D eigenvalue weighted by Gasteiger charge is 2.32. The topological polar surface area (TPSA) is 62.3 Å². The van der Waals surface area contributed by atoms with Crippen LogP contribution in [-0.2, 0) is 15.0 Å². The van der Waals surface area contributed by atoms with Gasteiger partial charge < -0.3 is 10.2 Å². The van der Waals surface area contributed by atoms with E-state index in [1.54, 1.807) is 11.1 Å². The molecule has 186 valence electrons. The van der Waals surface area contributed by atoms with Gasteiger partial charge in [-0.2, -0.15) is 0 Å². The molecule has 0 aliphatic carbocycles. The summed E-state index contributed by atoms with van der Waals surface area (Å²) >= 11 is 5.86. The summed E-state index contributed by atoms with van der Waals surface area (Å²) in [6.07, 6.45) is 5.38. The van der Waals surface area contributed by atoms with E-state index < -0.39 is 11.6 Å². The van der Waals surface area contributed by atoms with Gasteiger partial charge in [-0.15, -0.1) is 0 Å².